The topological polar surface area (TPSA) is 97.4 Å². The summed E-state index contributed by atoms with van der Waals surface area (Å²) < 4.78 is 15.9. The zero-order chi connectivity index (χ0) is 26.9. The summed E-state index contributed by atoms with van der Waals surface area (Å²) in [6.45, 7) is 6.70. The van der Waals surface area contributed by atoms with E-state index in [0.717, 1.165) is 10.4 Å². The van der Waals surface area contributed by atoms with Crippen LogP contribution in [0.5, 0.6) is 11.5 Å². The standard InChI is InChI=1S/C28H29N3O6S/c1-3-13-30(28(34)29-22-10-8-21(9-11-22)27(33)35-4-2)18-26(32)31(17-23-6-5-14-38-23)16-20-7-12-24-25(15-20)37-19-36-24/h3,5-12,14-15H,1,4,13,16-19H2,2H3,(H,29,34). The fourth-order valence-corrected chi connectivity index (χ4v) is 4.55. The second-order valence-electron chi connectivity index (χ2n) is 8.41. The first kappa shape index (κ1) is 26.7. The van der Waals surface area contributed by atoms with Crippen molar-refractivity contribution in [1.29, 1.82) is 0 Å². The highest BCUT2D eigenvalue weighted by atomic mass is 32.1. The van der Waals surface area contributed by atoms with Crippen molar-refractivity contribution in [2.75, 3.05) is 31.8 Å². The average molecular weight is 536 g/mol. The molecule has 0 atom stereocenters. The van der Waals surface area contributed by atoms with Crippen LogP contribution in [0.1, 0.15) is 27.7 Å². The Labute approximate surface area is 225 Å². The number of urea groups is 1. The first-order chi connectivity index (χ1) is 18.5. The summed E-state index contributed by atoms with van der Waals surface area (Å²) in [4.78, 5) is 42.6. The molecular formula is C28H29N3O6S. The molecule has 1 aromatic heterocycles. The number of ether oxygens (including phenoxy) is 3. The van der Waals surface area contributed by atoms with Gasteiger partial charge in [0, 0.05) is 23.7 Å². The molecule has 1 N–H and O–H groups in total. The van der Waals surface area contributed by atoms with E-state index in [-0.39, 0.29) is 32.4 Å². The van der Waals surface area contributed by atoms with Gasteiger partial charge in [-0.3, -0.25) is 4.79 Å². The summed E-state index contributed by atoms with van der Waals surface area (Å²) in [6, 6.07) is 15.4. The van der Waals surface area contributed by atoms with Crippen LogP contribution in [0.15, 0.2) is 72.6 Å². The molecule has 0 bridgehead atoms. The molecule has 1 aliphatic heterocycles. The molecule has 0 saturated heterocycles. The Kier molecular flexibility index (Phi) is 8.99. The third kappa shape index (κ3) is 6.92. The van der Waals surface area contributed by atoms with Gasteiger partial charge in [-0.25, -0.2) is 9.59 Å². The maximum Gasteiger partial charge on any atom is 0.338 e. The smallest absolute Gasteiger partial charge is 0.338 e. The number of anilines is 1. The summed E-state index contributed by atoms with van der Waals surface area (Å²) in [6.07, 6.45) is 1.57. The third-order valence-electron chi connectivity index (χ3n) is 5.70. The Morgan fingerprint density at radius 2 is 1.84 bits per heavy atom. The minimum atomic E-state index is -0.457. The van der Waals surface area contributed by atoms with E-state index in [0.29, 0.717) is 35.8 Å². The molecular weight excluding hydrogens is 506 g/mol. The molecule has 3 aromatic rings. The number of fused-ring (bicyclic) bond motifs is 1. The molecule has 2 heterocycles. The minimum Gasteiger partial charge on any atom is -0.462 e. The number of hydrogen-bond donors (Lipinski definition) is 1. The summed E-state index contributed by atoms with van der Waals surface area (Å²) in [5.74, 6) is 0.671. The molecule has 1 aliphatic rings. The van der Waals surface area contributed by atoms with Crippen molar-refractivity contribution in [2.24, 2.45) is 0 Å². The SMILES string of the molecule is C=CCN(CC(=O)N(Cc1ccc2c(c1)OCO2)Cc1cccs1)C(=O)Nc1ccc(C(=O)OCC)cc1. The van der Waals surface area contributed by atoms with Crippen LogP contribution in [0.2, 0.25) is 0 Å². The lowest BCUT2D eigenvalue weighted by molar-refractivity contribution is -0.132. The van der Waals surface area contributed by atoms with Crippen LogP contribution in [0.25, 0.3) is 0 Å². The van der Waals surface area contributed by atoms with Gasteiger partial charge in [-0.2, -0.15) is 0 Å². The van der Waals surface area contributed by atoms with Crippen molar-refractivity contribution < 1.29 is 28.6 Å². The monoisotopic (exact) mass is 535 g/mol. The number of carbonyl (C=O) groups is 3. The van der Waals surface area contributed by atoms with Gasteiger partial charge in [0.1, 0.15) is 6.54 Å². The third-order valence-corrected chi connectivity index (χ3v) is 6.56. The number of carbonyl (C=O) groups excluding carboxylic acids is 3. The predicted octanol–water partition coefficient (Wildman–Crippen LogP) is 4.90. The maximum atomic E-state index is 13.5. The van der Waals surface area contributed by atoms with Gasteiger partial charge in [-0.1, -0.05) is 18.2 Å². The Morgan fingerprint density at radius 3 is 2.55 bits per heavy atom. The Bertz CT molecular complexity index is 1280. The number of esters is 1. The highest BCUT2D eigenvalue weighted by molar-refractivity contribution is 7.09. The molecule has 0 fully saturated rings. The Hall–Kier alpha value is -4.31. The molecule has 3 amide bonds. The first-order valence-electron chi connectivity index (χ1n) is 12.1. The van der Waals surface area contributed by atoms with Crippen molar-refractivity contribution in [1.82, 2.24) is 9.80 Å². The molecule has 2 aromatic carbocycles. The molecule has 0 spiro atoms. The highest BCUT2D eigenvalue weighted by Gasteiger charge is 2.23. The van der Waals surface area contributed by atoms with Crippen molar-refractivity contribution in [3.63, 3.8) is 0 Å². The van der Waals surface area contributed by atoms with E-state index in [1.807, 2.05) is 35.7 Å². The minimum absolute atomic E-state index is 0.144. The summed E-state index contributed by atoms with van der Waals surface area (Å²) in [7, 11) is 0. The van der Waals surface area contributed by atoms with Gasteiger partial charge in [0.2, 0.25) is 12.7 Å². The predicted molar refractivity (Wildman–Crippen MR) is 144 cm³/mol. The van der Waals surface area contributed by atoms with Crippen molar-refractivity contribution >= 4 is 34.9 Å². The van der Waals surface area contributed by atoms with Crippen LogP contribution in [-0.4, -0.2) is 54.2 Å². The molecule has 0 aliphatic carbocycles. The largest absolute Gasteiger partial charge is 0.462 e. The van der Waals surface area contributed by atoms with Crippen molar-refractivity contribution in [3.05, 3.63) is 88.6 Å². The van der Waals surface area contributed by atoms with E-state index in [1.54, 1.807) is 53.5 Å². The zero-order valence-electron chi connectivity index (χ0n) is 21.1. The van der Waals surface area contributed by atoms with Crippen LogP contribution in [0, 0.1) is 0 Å². The van der Waals surface area contributed by atoms with Crippen molar-refractivity contribution in [3.8, 4) is 11.5 Å². The quantitative estimate of drug-likeness (QED) is 0.277. The zero-order valence-corrected chi connectivity index (χ0v) is 21.9. The number of thiophene rings is 1. The van der Waals surface area contributed by atoms with E-state index in [2.05, 4.69) is 11.9 Å². The summed E-state index contributed by atoms with van der Waals surface area (Å²) in [5.41, 5.74) is 1.76. The number of hydrogen-bond acceptors (Lipinski definition) is 7. The van der Waals surface area contributed by atoms with E-state index >= 15 is 0 Å². The Morgan fingerprint density at radius 1 is 1.05 bits per heavy atom. The highest BCUT2D eigenvalue weighted by Crippen LogP contribution is 2.33. The van der Waals surface area contributed by atoms with E-state index in [1.165, 1.54) is 4.90 Å². The molecule has 10 heteroatoms. The fourth-order valence-electron chi connectivity index (χ4n) is 3.83. The average Bonchev–Trinajstić information content (AvgIpc) is 3.60. The van der Waals surface area contributed by atoms with Gasteiger partial charge < -0.3 is 29.3 Å². The fraction of sp³-hybridized carbons (Fsp3) is 0.250. The van der Waals surface area contributed by atoms with E-state index < -0.39 is 12.0 Å². The molecule has 9 nitrogen and oxygen atoms in total. The van der Waals surface area contributed by atoms with E-state index in [9.17, 15) is 14.4 Å². The number of nitrogens with one attached hydrogen (secondary N) is 1. The second-order valence-corrected chi connectivity index (χ2v) is 9.45. The maximum absolute atomic E-state index is 13.5. The molecule has 198 valence electrons. The van der Waals surface area contributed by atoms with Crippen LogP contribution >= 0.6 is 11.3 Å². The lowest BCUT2D eigenvalue weighted by Crippen LogP contribution is -2.44. The van der Waals surface area contributed by atoms with E-state index in [4.69, 9.17) is 14.2 Å². The molecule has 4 rings (SSSR count). The number of amides is 3. The first-order valence-corrected chi connectivity index (χ1v) is 13.0. The van der Waals surface area contributed by atoms with Crippen LogP contribution in [-0.2, 0) is 22.6 Å². The lowest BCUT2D eigenvalue weighted by Gasteiger charge is -2.27. The Balaban J connectivity index is 1.45. The van der Waals surface area contributed by atoms with Gasteiger partial charge in [0.15, 0.2) is 11.5 Å². The van der Waals surface area contributed by atoms with Crippen LogP contribution < -0.4 is 14.8 Å². The summed E-state index contributed by atoms with van der Waals surface area (Å²) >= 11 is 1.56. The summed E-state index contributed by atoms with van der Waals surface area (Å²) in [5, 5.41) is 4.74. The molecule has 0 saturated carbocycles. The van der Waals surface area contributed by atoms with Crippen LogP contribution in [0.4, 0.5) is 10.5 Å². The van der Waals surface area contributed by atoms with Crippen molar-refractivity contribution in [2.45, 2.75) is 20.0 Å². The van der Waals surface area contributed by atoms with Gasteiger partial charge in [-0.15, -0.1) is 17.9 Å². The van der Waals surface area contributed by atoms with Gasteiger partial charge in [0.05, 0.1) is 18.7 Å². The lowest BCUT2D eigenvalue weighted by atomic mass is 10.2. The van der Waals surface area contributed by atoms with Gasteiger partial charge in [-0.05, 0) is 60.3 Å². The molecule has 38 heavy (non-hydrogen) atoms. The molecule has 0 radical (unpaired) electrons. The van der Waals surface area contributed by atoms with Crippen LogP contribution in [0.3, 0.4) is 0 Å². The van der Waals surface area contributed by atoms with Gasteiger partial charge >= 0.3 is 12.0 Å². The second kappa shape index (κ2) is 12.8. The normalized spacial score (nSPS) is 11.5. The molecule has 0 unspecified atom stereocenters. The van der Waals surface area contributed by atoms with Gasteiger partial charge in [0.25, 0.3) is 0 Å². The number of benzene rings is 2. The number of rotatable bonds is 11. The number of nitrogens with zero attached hydrogens (tertiary/aromatic N) is 2.